The number of hydrogen-bond donors (Lipinski definition) is 0. The number of hydrogen-bond acceptors (Lipinski definition) is 2. The molecule has 0 spiro atoms. The van der Waals surface area contributed by atoms with Gasteiger partial charge in [0.2, 0.25) is 0 Å². The predicted molar refractivity (Wildman–Crippen MR) is 319 cm³/mol. The van der Waals surface area contributed by atoms with Crippen LogP contribution in [0.4, 0.5) is 34.1 Å². The number of anilines is 6. The van der Waals surface area contributed by atoms with Gasteiger partial charge in [0, 0.05) is 50.6 Å². The van der Waals surface area contributed by atoms with Gasteiger partial charge in [-0.2, -0.15) is 0 Å². The average molecular weight is 956 g/mol. The van der Waals surface area contributed by atoms with E-state index in [4.69, 9.17) is 0 Å². The van der Waals surface area contributed by atoms with Crippen LogP contribution >= 0.6 is 0 Å². The molecule has 0 atom stereocenters. The molecule has 0 saturated heterocycles. The molecule has 0 amide bonds. The van der Waals surface area contributed by atoms with Crippen LogP contribution in [-0.2, 0) is 0 Å². The molecule has 0 unspecified atom stereocenters. The minimum atomic E-state index is 1.08. The Kier molecular flexibility index (Phi) is 10.8. The number of rotatable bonds is 10. The Hall–Kier alpha value is -9.96. The Morgan fingerprint density at radius 3 is 1.00 bits per heavy atom. The number of fused-ring (bicyclic) bond motifs is 9. The zero-order valence-electron chi connectivity index (χ0n) is 41.1. The van der Waals surface area contributed by atoms with Crippen LogP contribution in [0.3, 0.4) is 0 Å². The lowest BCUT2D eigenvalue weighted by atomic mass is 9.94. The molecule has 0 bridgehead atoms. The van der Waals surface area contributed by atoms with Crippen molar-refractivity contribution >= 4 is 88.2 Å². The van der Waals surface area contributed by atoms with Gasteiger partial charge in [0.15, 0.2) is 0 Å². The Labute approximate surface area is 436 Å². The highest BCUT2D eigenvalue weighted by Gasteiger charge is 2.18. The maximum atomic E-state index is 2.39. The third-order valence-corrected chi connectivity index (χ3v) is 15.0. The molecule has 14 rings (SSSR count). The van der Waals surface area contributed by atoms with E-state index in [0.29, 0.717) is 0 Å². The van der Waals surface area contributed by atoms with Gasteiger partial charge < -0.3 is 14.4 Å². The maximum Gasteiger partial charge on any atom is 0.0541 e. The van der Waals surface area contributed by atoms with Crippen LogP contribution < -0.4 is 9.80 Å². The fraction of sp³-hybridized carbons (Fsp3) is 0. The van der Waals surface area contributed by atoms with E-state index in [0.717, 1.165) is 45.3 Å². The minimum Gasteiger partial charge on any atom is -0.311 e. The molecule has 1 heterocycles. The van der Waals surface area contributed by atoms with E-state index in [1.807, 2.05) is 0 Å². The third kappa shape index (κ3) is 7.86. The van der Waals surface area contributed by atoms with Crippen molar-refractivity contribution < 1.29 is 0 Å². The van der Waals surface area contributed by atoms with Crippen molar-refractivity contribution in [2.75, 3.05) is 9.80 Å². The number of aromatic nitrogens is 1. The van der Waals surface area contributed by atoms with Crippen molar-refractivity contribution in [3.05, 3.63) is 297 Å². The molecule has 14 aromatic rings. The molecule has 3 nitrogen and oxygen atoms in total. The van der Waals surface area contributed by atoms with E-state index in [9.17, 15) is 0 Å². The van der Waals surface area contributed by atoms with Gasteiger partial charge in [-0.05, 0) is 169 Å². The van der Waals surface area contributed by atoms with Crippen molar-refractivity contribution in [3.63, 3.8) is 0 Å². The molecule has 352 valence electrons. The van der Waals surface area contributed by atoms with E-state index in [1.54, 1.807) is 0 Å². The maximum absolute atomic E-state index is 2.39. The fourth-order valence-corrected chi connectivity index (χ4v) is 11.4. The highest BCUT2D eigenvalue weighted by Crippen LogP contribution is 2.43. The Morgan fingerprint density at radius 2 is 0.507 bits per heavy atom. The molecule has 0 aliphatic heterocycles. The molecule has 13 aromatic carbocycles. The quantitative estimate of drug-likeness (QED) is 0.127. The molecule has 3 heteroatoms. The average Bonchev–Trinajstić information content (AvgIpc) is 3.83. The summed E-state index contributed by atoms with van der Waals surface area (Å²) in [5.74, 6) is 0. The number of para-hydroxylation sites is 4. The lowest BCUT2D eigenvalue weighted by Crippen LogP contribution is -2.10. The fourth-order valence-electron chi connectivity index (χ4n) is 11.4. The second kappa shape index (κ2) is 18.6. The molecule has 1 aromatic heterocycles. The summed E-state index contributed by atoms with van der Waals surface area (Å²) in [4.78, 5) is 4.69. The first kappa shape index (κ1) is 43.8. The predicted octanol–water partition coefficient (Wildman–Crippen LogP) is 20.2. The van der Waals surface area contributed by atoms with Gasteiger partial charge in [-0.15, -0.1) is 0 Å². The molecule has 0 aliphatic rings. The van der Waals surface area contributed by atoms with Crippen LogP contribution in [0.15, 0.2) is 297 Å². The normalized spacial score (nSPS) is 11.5. The van der Waals surface area contributed by atoms with Crippen LogP contribution in [0.25, 0.3) is 93.2 Å². The summed E-state index contributed by atoms with van der Waals surface area (Å²) in [7, 11) is 0. The van der Waals surface area contributed by atoms with Crippen LogP contribution in [0.1, 0.15) is 0 Å². The lowest BCUT2D eigenvalue weighted by Gasteiger charge is -2.27. The summed E-state index contributed by atoms with van der Waals surface area (Å²) < 4.78 is 2.37. The summed E-state index contributed by atoms with van der Waals surface area (Å²) >= 11 is 0. The summed E-state index contributed by atoms with van der Waals surface area (Å²) in [6, 6.07) is 108. The van der Waals surface area contributed by atoms with Crippen LogP contribution in [0, 0.1) is 0 Å². The molecule has 0 radical (unpaired) electrons. The monoisotopic (exact) mass is 955 g/mol. The Balaban J connectivity index is 0.810. The van der Waals surface area contributed by atoms with Crippen molar-refractivity contribution in [3.8, 4) is 39.1 Å². The van der Waals surface area contributed by atoms with Crippen molar-refractivity contribution in [2.45, 2.75) is 0 Å². The second-order valence-electron chi connectivity index (χ2n) is 19.3. The van der Waals surface area contributed by atoms with Crippen LogP contribution in [0.5, 0.6) is 0 Å². The van der Waals surface area contributed by atoms with E-state index in [2.05, 4.69) is 312 Å². The van der Waals surface area contributed by atoms with E-state index in [-0.39, 0.29) is 0 Å². The lowest BCUT2D eigenvalue weighted by molar-refractivity contribution is 1.18. The molecule has 0 fully saturated rings. The van der Waals surface area contributed by atoms with Gasteiger partial charge in [0.05, 0.1) is 11.0 Å². The van der Waals surface area contributed by atoms with Gasteiger partial charge in [-0.25, -0.2) is 0 Å². The van der Waals surface area contributed by atoms with Crippen LogP contribution in [-0.4, -0.2) is 4.57 Å². The largest absolute Gasteiger partial charge is 0.311 e. The highest BCUT2D eigenvalue weighted by molar-refractivity contribution is 6.26. The summed E-state index contributed by atoms with van der Waals surface area (Å²) in [5, 5.41) is 10.1. The number of benzene rings is 13. The summed E-state index contributed by atoms with van der Waals surface area (Å²) in [5.41, 5.74) is 17.3. The minimum absolute atomic E-state index is 1.08. The zero-order chi connectivity index (χ0) is 49.7. The van der Waals surface area contributed by atoms with Gasteiger partial charge in [0.25, 0.3) is 0 Å². The Morgan fingerprint density at radius 1 is 0.187 bits per heavy atom. The number of nitrogens with zero attached hydrogens (tertiary/aromatic N) is 3. The summed E-state index contributed by atoms with van der Waals surface area (Å²) in [6.45, 7) is 0. The molecule has 0 saturated carbocycles. The Bertz CT molecular complexity index is 4280. The summed E-state index contributed by atoms with van der Waals surface area (Å²) in [6.07, 6.45) is 0. The van der Waals surface area contributed by atoms with Crippen LogP contribution in [0.2, 0.25) is 0 Å². The van der Waals surface area contributed by atoms with Gasteiger partial charge in [-0.1, -0.05) is 194 Å². The standard InChI is InChI=1S/C72H49N3/c1-4-16-56(17-5-1)73(57-18-6-2-7-19-57)59-39-32-52(33-40-59)53-36-43-61(44-37-53)74(62-45-46-67-65-24-11-10-22-63(65)64-23-12-13-25-66(64)69(67)49-62)60-41-34-51(35-42-60)50-28-30-54(31-29-50)55-38-47-72-70(48-55)68-26-14-15-27-71(68)75(72)58-20-8-3-9-21-58/h1-49H. The highest BCUT2D eigenvalue weighted by atomic mass is 15.1. The van der Waals surface area contributed by atoms with Crippen molar-refractivity contribution in [1.82, 2.24) is 4.57 Å². The van der Waals surface area contributed by atoms with Crippen molar-refractivity contribution in [2.24, 2.45) is 0 Å². The van der Waals surface area contributed by atoms with Gasteiger partial charge in [0.1, 0.15) is 0 Å². The first-order valence-corrected chi connectivity index (χ1v) is 25.7. The topological polar surface area (TPSA) is 11.4 Å². The molecule has 75 heavy (non-hydrogen) atoms. The first-order valence-electron chi connectivity index (χ1n) is 25.7. The smallest absolute Gasteiger partial charge is 0.0541 e. The zero-order valence-corrected chi connectivity index (χ0v) is 41.1. The SMILES string of the molecule is c1ccc(N(c2ccccc2)c2ccc(-c3ccc(N(c4ccc(-c5ccc(-c6ccc7c(c6)c6ccccc6n7-c6ccccc6)cc5)cc4)c4ccc5c6ccccc6c6ccccc6c5c4)cc3)cc2)cc1. The molecule has 0 N–H and O–H groups in total. The van der Waals surface area contributed by atoms with Crippen molar-refractivity contribution in [1.29, 1.82) is 0 Å². The van der Waals surface area contributed by atoms with Gasteiger partial charge in [-0.3, -0.25) is 0 Å². The van der Waals surface area contributed by atoms with E-state index >= 15 is 0 Å². The first-order chi connectivity index (χ1) is 37.2. The van der Waals surface area contributed by atoms with E-state index in [1.165, 1.54) is 82.1 Å². The molecular weight excluding hydrogens is 907 g/mol. The molecular formula is C72H49N3. The second-order valence-corrected chi connectivity index (χ2v) is 19.3. The third-order valence-electron chi connectivity index (χ3n) is 15.0. The van der Waals surface area contributed by atoms with E-state index < -0.39 is 0 Å². The molecule has 0 aliphatic carbocycles. The van der Waals surface area contributed by atoms with Gasteiger partial charge >= 0.3 is 0 Å².